The molecule has 18 heavy (non-hydrogen) atoms. The van der Waals surface area contributed by atoms with Gasteiger partial charge in [0.05, 0.1) is 19.1 Å². The van der Waals surface area contributed by atoms with E-state index in [1.165, 1.54) is 6.07 Å². The molecule has 1 saturated heterocycles. The van der Waals surface area contributed by atoms with Gasteiger partial charge in [0.25, 0.3) is 0 Å². The average molecular weight is 250 g/mol. The van der Waals surface area contributed by atoms with Gasteiger partial charge in [0.15, 0.2) is 0 Å². The fourth-order valence-corrected chi connectivity index (χ4v) is 1.99. The largest absolute Gasteiger partial charge is 0.297 e. The molecule has 5 heteroatoms. The molecule has 1 aromatic rings. The summed E-state index contributed by atoms with van der Waals surface area (Å²) < 4.78 is 13.5. The van der Waals surface area contributed by atoms with Crippen molar-refractivity contribution in [3.05, 3.63) is 35.6 Å². The number of amides is 2. The van der Waals surface area contributed by atoms with Gasteiger partial charge in [0, 0.05) is 5.56 Å². The number of nitrogens with one attached hydrogen (secondary N) is 1. The Hall–Kier alpha value is -1.75. The van der Waals surface area contributed by atoms with E-state index >= 15 is 0 Å². The van der Waals surface area contributed by atoms with Crippen molar-refractivity contribution in [3.63, 3.8) is 0 Å². The first-order chi connectivity index (χ1) is 8.63. The molecule has 1 fully saturated rings. The lowest BCUT2D eigenvalue weighted by Gasteiger charge is -2.31. The fourth-order valence-electron chi connectivity index (χ4n) is 1.99. The minimum Gasteiger partial charge on any atom is -0.297 e. The Labute approximate surface area is 105 Å². The second-order valence-corrected chi connectivity index (χ2v) is 4.25. The molecule has 0 aromatic heterocycles. The zero-order chi connectivity index (χ0) is 13.1. The lowest BCUT2D eigenvalue weighted by Crippen LogP contribution is -2.57. The summed E-state index contributed by atoms with van der Waals surface area (Å²) in [6, 6.07) is 5.82. The number of carbonyl (C=O) groups is 2. The molecule has 1 heterocycles. The fraction of sp³-hybridized carbons (Fsp3) is 0.385. The second kappa shape index (κ2) is 5.27. The van der Waals surface area contributed by atoms with Crippen molar-refractivity contribution in [2.75, 3.05) is 6.54 Å². The Morgan fingerprint density at radius 3 is 2.78 bits per heavy atom. The van der Waals surface area contributed by atoms with Crippen LogP contribution in [0, 0.1) is 5.82 Å². The van der Waals surface area contributed by atoms with Crippen molar-refractivity contribution in [2.24, 2.45) is 0 Å². The average Bonchev–Trinajstić information content (AvgIpc) is 2.37. The van der Waals surface area contributed by atoms with Crippen molar-refractivity contribution >= 4 is 11.8 Å². The van der Waals surface area contributed by atoms with E-state index in [2.05, 4.69) is 5.32 Å². The summed E-state index contributed by atoms with van der Waals surface area (Å²) in [5.74, 6) is -0.991. The van der Waals surface area contributed by atoms with Crippen LogP contribution in [0.4, 0.5) is 4.39 Å². The number of benzene rings is 1. The highest BCUT2D eigenvalue weighted by atomic mass is 19.1. The maximum absolute atomic E-state index is 13.5. The third-order valence-corrected chi connectivity index (χ3v) is 3.06. The summed E-state index contributed by atoms with van der Waals surface area (Å²) in [6.07, 6.45) is 0.611. The van der Waals surface area contributed by atoms with E-state index in [9.17, 15) is 14.0 Å². The monoisotopic (exact) mass is 250 g/mol. The Morgan fingerprint density at radius 1 is 1.39 bits per heavy atom. The van der Waals surface area contributed by atoms with Crippen LogP contribution in [-0.2, 0) is 16.1 Å². The summed E-state index contributed by atoms with van der Waals surface area (Å²) >= 11 is 0. The number of imide groups is 1. The Morgan fingerprint density at radius 2 is 2.11 bits per heavy atom. The summed E-state index contributed by atoms with van der Waals surface area (Å²) in [4.78, 5) is 24.8. The molecular weight excluding hydrogens is 235 g/mol. The van der Waals surface area contributed by atoms with Crippen LogP contribution in [0.15, 0.2) is 24.3 Å². The molecule has 4 nitrogen and oxygen atoms in total. The first-order valence-electron chi connectivity index (χ1n) is 5.94. The minimum absolute atomic E-state index is 0.00250. The van der Waals surface area contributed by atoms with Crippen molar-refractivity contribution in [1.82, 2.24) is 10.2 Å². The summed E-state index contributed by atoms with van der Waals surface area (Å²) in [5, 5.41) is 2.86. The number of rotatable bonds is 3. The van der Waals surface area contributed by atoms with Gasteiger partial charge in [-0.15, -0.1) is 0 Å². The number of nitrogens with zero attached hydrogens (tertiary/aromatic N) is 1. The van der Waals surface area contributed by atoms with Gasteiger partial charge in [0.2, 0.25) is 11.8 Å². The molecule has 1 aromatic carbocycles. The van der Waals surface area contributed by atoms with E-state index in [4.69, 9.17) is 0 Å². The predicted molar refractivity (Wildman–Crippen MR) is 64.0 cm³/mol. The van der Waals surface area contributed by atoms with E-state index in [1.54, 1.807) is 18.2 Å². The van der Waals surface area contributed by atoms with E-state index < -0.39 is 5.82 Å². The Bertz CT molecular complexity index is 476. The molecule has 2 rings (SSSR count). The minimum atomic E-state index is -0.398. The number of piperazine rings is 1. The van der Waals surface area contributed by atoms with Crippen molar-refractivity contribution in [1.29, 1.82) is 0 Å². The second-order valence-electron chi connectivity index (χ2n) is 4.25. The van der Waals surface area contributed by atoms with Crippen LogP contribution in [0.2, 0.25) is 0 Å². The van der Waals surface area contributed by atoms with Gasteiger partial charge < -0.3 is 0 Å². The zero-order valence-corrected chi connectivity index (χ0v) is 10.1. The zero-order valence-electron chi connectivity index (χ0n) is 10.1. The van der Waals surface area contributed by atoms with E-state index in [1.807, 2.05) is 6.92 Å². The molecule has 0 aliphatic carbocycles. The third kappa shape index (κ3) is 2.41. The van der Waals surface area contributed by atoms with Gasteiger partial charge >= 0.3 is 0 Å². The quantitative estimate of drug-likeness (QED) is 0.816. The Kier molecular flexibility index (Phi) is 3.72. The van der Waals surface area contributed by atoms with E-state index in [0.717, 1.165) is 4.90 Å². The van der Waals surface area contributed by atoms with Crippen LogP contribution >= 0.6 is 0 Å². The smallest absolute Gasteiger partial charge is 0.246 e. The highest BCUT2D eigenvalue weighted by molar-refractivity contribution is 6.01. The molecule has 0 saturated carbocycles. The topological polar surface area (TPSA) is 49.4 Å². The standard InChI is InChI=1S/C13H15FN2O2/c1-2-11-13(18)16(12(17)7-15-11)8-9-5-3-4-6-10(9)14/h3-6,11,15H,2,7-8H2,1H3. The lowest BCUT2D eigenvalue weighted by atomic mass is 10.1. The van der Waals surface area contributed by atoms with Gasteiger partial charge in [0.1, 0.15) is 5.82 Å². The van der Waals surface area contributed by atoms with Gasteiger partial charge in [-0.05, 0) is 12.5 Å². The van der Waals surface area contributed by atoms with Crippen molar-refractivity contribution in [3.8, 4) is 0 Å². The van der Waals surface area contributed by atoms with Gasteiger partial charge in [-0.3, -0.25) is 19.8 Å². The van der Waals surface area contributed by atoms with Crippen LogP contribution in [0.3, 0.4) is 0 Å². The molecule has 1 N–H and O–H groups in total. The van der Waals surface area contributed by atoms with Crippen molar-refractivity contribution < 1.29 is 14.0 Å². The molecule has 2 amide bonds. The highest BCUT2D eigenvalue weighted by Crippen LogP contribution is 2.14. The number of hydrogen-bond acceptors (Lipinski definition) is 3. The first-order valence-corrected chi connectivity index (χ1v) is 5.94. The normalized spacial score (nSPS) is 20.3. The maximum Gasteiger partial charge on any atom is 0.246 e. The van der Waals surface area contributed by atoms with Crippen LogP contribution < -0.4 is 5.32 Å². The third-order valence-electron chi connectivity index (χ3n) is 3.06. The van der Waals surface area contributed by atoms with E-state index in [-0.39, 0.29) is 30.9 Å². The number of hydrogen-bond donors (Lipinski definition) is 1. The molecule has 1 aliphatic heterocycles. The van der Waals surface area contributed by atoms with Crippen molar-refractivity contribution in [2.45, 2.75) is 25.9 Å². The van der Waals surface area contributed by atoms with Gasteiger partial charge in [-0.25, -0.2) is 4.39 Å². The molecule has 0 spiro atoms. The molecule has 0 radical (unpaired) electrons. The predicted octanol–water partition coefficient (Wildman–Crippen LogP) is 1.06. The maximum atomic E-state index is 13.5. The molecule has 1 atom stereocenters. The molecule has 1 unspecified atom stereocenters. The molecular formula is C13H15FN2O2. The lowest BCUT2D eigenvalue weighted by molar-refractivity contribution is -0.150. The highest BCUT2D eigenvalue weighted by Gasteiger charge is 2.32. The van der Waals surface area contributed by atoms with Crippen LogP contribution in [0.5, 0.6) is 0 Å². The Balaban J connectivity index is 2.18. The summed E-state index contributed by atoms with van der Waals surface area (Å²) in [6.45, 7) is 1.99. The van der Waals surface area contributed by atoms with E-state index in [0.29, 0.717) is 12.0 Å². The summed E-state index contributed by atoms with van der Waals surface area (Å²) in [5.41, 5.74) is 0.357. The number of carbonyl (C=O) groups excluding carboxylic acids is 2. The molecule has 0 bridgehead atoms. The van der Waals surface area contributed by atoms with Crippen LogP contribution in [0.1, 0.15) is 18.9 Å². The SMILES string of the molecule is CCC1NCC(=O)N(Cc2ccccc2F)C1=O. The molecule has 96 valence electrons. The summed E-state index contributed by atoms with van der Waals surface area (Å²) in [7, 11) is 0. The van der Waals surface area contributed by atoms with Crippen LogP contribution in [-0.4, -0.2) is 29.3 Å². The van der Waals surface area contributed by atoms with Gasteiger partial charge in [-0.2, -0.15) is 0 Å². The van der Waals surface area contributed by atoms with Gasteiger partial charge in [-0.1, -0.05) is 25.1 Å². The van der Waals surface area contributed by atoms with Crippen LogP contribution in [0.25, 0.3) is 0 Å². The first kappa shape index (κ1) is 12.7. The molecule has 1 aliphatic rings. The number of halogens is 1.